The molecule has 1 unspecified atom stereocenters. The number of benzene rings is 1. The normalized spacial score (nSPS) is 12.2. The third-order valence-electron chi connectivity index (χ3n) is 1.86. The van der Waals surface area contributed by atoms with Gasteiger partial charge in [0.2, 0.25) is 0 Å². The van der Waals surface area contributed by atoms with Crippen LogP contribution in [0.1, 0.15) is 0 Å². The number of hydrogen-bond acceptors (Lipinski definition) is 5. The Hall–Kier alpha value is -1.01. The smallest absolute Gasteiger partial charge is 0.768 e. The SMILES string of the molecule is O=C(Nc1ccc(S(=O)[O-])cc1[N+](=O)[O-])C(F)(F)F.[Na+]. The topological polar surface area (TPSA) is 112 Å². The molecule has 1 aromatic rings. The maximum absolute atomic E-state index is 12.0. The quantitative estimate of drug-likeness (QED) is 0.310. The van der Waals surface area contributed by atoms with E-state index in [0.717, 1.165) is 6.07 Å². The van der Waals surface area contributed by atoms with Crippen LogP contribution < -0.4 is 34.9 Å². The second-order valence-electron chi connectivity index (χ2n) is 3.12. The largest absolute Gasteiger partial charge is 1.00 e. The van der Waals surface area contributed by atoms with E-state index < -0.39 is 44.4 Å². The Labute approximate surface area is 134 Å². The van der Waals surface area contributed by atoms with Gasteiger partial charge in [0.1, 0.15) is 5.69 Å². The molecule has 0 radical (unpaired) electrons. The van der Waals surface area contributed by atoms with Crippen LogP contribution in [0.15, 0.2) is 23.1 Å². The van der Waals surface area contributed by atoms with Crippen molar-refractivity contribution in [1.29, 1.82) is 0 Å². The van der Waals surface area contributed by atoms with Gasteiger partial charge in [0.25, 0.3) is 5.69 Å². The molecule has 1 N–H and O–H groups in total. The number of nitro groups is 1. The second-order valence-corrected chi connectivity index (χ2v) is 4.06. The summed E-state index contributed by atoms with van der Waals surface area (Å²) in [5.41, 5.74) is -1.71. The van der Waals surface area contributed by atoms with Crippen LogP contribution in [0, 0.1) is 10.1 Å². The van der Waals surface area contributed by atoms with Crippen molar-refractivity contribution in [3.05, 3.63) is 28.3 Å². The Bertz CT molecular complexity index is 566. The van der Waals surface area contributed by atoms with Gasteiger partial charge in [0.05, 0.1) is 4.92 Å². The fourth-order valence-corrected chi connectivity index (χ4v) is 1.45. The first-order valence-electron chi connectivity index (χ1n) is 4.39. The summed E-state index contributed by atoms with van der Waals surface area (Å²) in [5, 5.41) is 11.9. The van der Waals surface area contributed by atoms with Crippen molar-refractivity contribution in [2.75, 3.05) is 5.32 Å². The maximum atomic E-state index is 12.0. The molecule has 1 atom stereocenters. The number of nitrogens with zero attached hydrogens (tertiary/aromatic N) is 1. The van der Waals surface area contributed by atoms with Gasteiger partial charge in [0, 0.05) is 11.0 Å². The van der Waals surface area contributed by atoms with E-state index in [9.17, 15) is 36.8 Å². The molecule has 0 fully saturated rings. The van der Waals surface area contributed by atoms with Gasteiger partial charge in [-0.3, -0.25) is 19.1 Å². The Morgan fingerprint density at radius 3 is 2.30 bits per heavy atom. The fraction of sp³-hybridized carbons (Fsp3) is 0.125. The first-order valence-corrected chi connectivity index (χ1v) is 5.46. The zero-order valence-corrected chi connectivity index (χ0v) is 12.6. The van der Waals surface area contributed by atoms with E-state index in [2.05, 4.69) is 0 Å². The number of halogens is 3. The number of carbonyl (C=O) groups excluding carboxylic acids is 1. The second kappa shape index (κ2) is 7.13. The first kappa shape index (κ1) is 19.0. The number of nitro benzene ring substituents is 1. The summed E-state index contributed by atoms with van der Waals surface area (Å²) in [4.78, 5) is 19.6. The molecule has 1 amide bonds. The molecule has 1 rings (SSSR count). The zero-order chi connectivity index (χ0) is 14.8. The molecule has 0 spiro atoms. The van der Waals surface area contributed by atoms with Gasteiger partial charge < -0.3 is 9.87 Å². The number of alkyl halides is 3. The fourth-order valence-electron chi connectivity index (χ4n) is 1.07. The molecular formula is C8H4F3N2NaO5S. The molecule has 0 aliphatic rings. The van der Waals surface area contributed by atoms with Crippen molar-refractivity contribution in [1.82, 2.24) is 0 Å². The van der Waals surface area contributed by atoms with Crippen LogP contribution in [0.2, 0.25) is 0 Å². The van der Waals surface area contributed by atoms with Crippen molar-refractivity contribution in [2.45, 2.75) is 11.1 Å². The Morgan fingerprint density at radius 1 is 1.35 bits per heavy atom. The van der Waals surface area contributed by atoms with E-state index in [0.29, 0.717) is 12.1 Å². The van der Waals surface area contributed by atoms with Crippen LogP contribution >= 0.6 is 0 Å². The van der Waals surface area contributed by atoms with Crippen LogP contribution in [0.3, 0.4) is 0 Å². The Balaban J connectivity index is 0.00000361. The Morgan fingerprint density at radius 2 is 1.90 bits per heavy atom. The average Bonchev–Trinajstić information content (AvgIpc) is 2.27. The third-order valence-corrected chi connectivity index (χ3v) is 2.50. The molecule has 1 aromatic carbocycles. The summed E-state index contributed by atoms with van der Waals surface area (Å²) >= 11 is -2.78. The van der Waals surface area contributed by atoms with E-state index in [4.69, 9.17) is 0 Å². The summed E-state index contributed by atoms with van der Waals surface area (Å²) in [6.07, 6.45) is -5.21. The molecule has 0 aliphatic carbocycles. The van der Waals surface area contributed by atoms with Gasteiger partial charge >= 0.3 is 41.6 Å². The molecular weight excluding hydrogens is 316 g/mol. The number of nitrogens with one attached hydrogen (secondary N) is 1. The maximum Gasteiger partial charge on any atom is 1.00 e. The van der Waals surface area contributed by atoms with Gasteiger partial charge in [0.15, 0.2) is 0 Å². The van der Waals surface area contributed by atoms with Gasteiger partial charge in [-0.05, 0) is 23.2 Å². The van der Waals surface area contributed by atoms with Crippen molar-refractivity contribution in [3.8, 4) is 0 Å². The van der Waals surface area contributed by atoms with Crippen molar-refractivity contribution < 1.29 is 61.2 Å². The minimum Gasteiger partial charge on any atom is -0.768 e. The molecule has 0 aliphatic heterocycles. The monoisotopic (exact) mass is 320 g/mol. The zero-order valence-electron chi connectivity index (χ0n) is 9.76. The predicted octanol–water partition coefficient (Wildman–Crippen LogP) is -1.66. The minimum absolute atomic E-state index is 0. The van der Waals surface area contributed by atoms with Gasteiger partial charge in [-0.15, -0.1) is 0 Å². The summed E-state index contributed by atoms with van der Waals surface area (Å²) < 4.78 is 57.1. The van der Waals surface area contributed by atoms with Crippen molar-refractivity contribution in [3.63, 3.8) is 0 Å². The molecule has 0 saturated heterocycles. The van der Waals surface area contributed by atoms with Crippen molar-refractivity contribution in [2.24, 2.45) is 0 Å². The van der Waals surface area contributed by atoms with Crippen LogP contribution in [-0.2, 0) is 15.9 Å². The van der Waals surface area contributed by atoms with E-state index in [-0.39, 0.29) is 29.6 Å². The van der Waals surface area contributed by atoms with Crippen LogP contribution in [-0.4, -0.2) is 25.8 Å². The standard InChI is InChI=1S/C8H5F3N2O5S.Na/c9-8(10,11)7(14)12-5-2-1-4(19(17)18)3-6(5)13(15)16;/h1-3H,(H,12,14)(H,17,18);/q;+1/p-1. The predicted molar refractivity (Wildman–Crippen MR) is 55.0 cm³/mol. The molecule has 20 heavy (non-hydrogen) atoms. The van der Waals surface area contributed by atoms with E-state index in [1.807, 2.05) is 0 Å². The first-order chi connectivity index (χ1) is 8.62. The molecule has 0 aromatic heterocycles. The third kappa shape index (κ3) is 4.83. The molecule has 0 saturated carbocycles. The number of anilines is 1. The molecule has 12 heteroatoms. The number of rotatable bonds is 3. The average molecular weight is 320 g/mol. The molecule has 104 valence electrons. The molecule has 0 heterocycles. The van der Waals surface area contributed by atoms with E-state index in [1.54, 1.807) is 0 Å². The van der Waals surface area contributed by atoms with Crippen LogP contribution in [0.25, 0.3) is 0 Å². The van der Waals surface area contributed by atoms with Gasteiger partial charge in [-0.25, -0.2) is 0 Å². The van der Waals surface area contributed by atoms with Gasteiger partial charge in [-0.1, -0.05) is 0 Å². The van der Waals surface area contributed by atoms with Crippen molar-refractivity contribution >= 4 is 28.4 Å². The minimum atomic E-state index is -5.21. The summed E-state index contributed by atoms with van der Waals surface area (Å²) in [6.45, 7) is 0. The van der Waals surface area contributed by atoms with Gasteiger partial charge in [-0.2, -0.15) is 13.2 Å². The molecule has 0 bridgehead atoms. The van der Waals surface area contributed by atoms with Crippen LogP contribution in [0.5, 0.6) is 0 Å². The summed E-state index contributed by atoms with van der Waals surface area (Å²) in [6, 6.07) is 2.06. The number of hydrogen-bond donors (Lipinski definition) is 1. The van der Waals surface area contributed by atoms with E-state index >= 15 is 0 Å². The summed E-state index contributed by atoms with van der Waals surface area (Å²) in [5.74, 6) is -2.40. The number of amides is 1. The molecule has 7 nitrogen and oxygen atoms in total. The Kier molecular flexibility index (Phi) is 6.77. The van der Waals surface area contributed by atoms with Crippen LogP contribution in [0.4, 0.5) is 24.5 Å². The summed E-state index contributed by atoms with van der Waals surface area (Å²) in [7, 11) is 0. The van der Waals surface area contributed by atoms with E-state index in [1.165, 1.54) is 5.32 Å². The number of carbonyl (C=O) groups is 1.